The van der Waals surface area contributed by atoms with Crippen molar-refractivity contribution < 1.29 is 20.1 Å². The maximum absolute atomic E-state index is 10.2. The van der Waals surface area contributed by atoms with Crippen LogP contribution < -0.4 is 11.1 Å². The molecule has 0 unspecified atom stereocenters. The molecule has 10 nitrogen and oxygen atoms in total. The van der Waals surface area contributed by atoms with Crippen LogP contribution in [0.4, 0.5) is 5.82 Å². The predicted molar refractivity (Wildman–Crippen MR) is 75.6 cm³/mol. The number of hydrogen-bond acceptors (Lipinski definition) is 9. The highest BCUT2D eigenvalue weighted by atomic mass is 16.6. The lowest BCUT2D eigenvalue weighted by Crippen LogP contribution is -2.38. The third-order valence-corrected chi connectivity index (χ3v) is 3.63. The molecule has 0 bridgehead atoms. The molecular formula is C12H18N6O4. The van der Waals surface area contributed by atoms with Crippen molar-refractivity contribution in [2.45, 2.75) is 24.5 Å². The molecule has 0 aliphatic carbocycles. The van der Waals surface area contributed by atoms with E-state index in [4.69, 9.17) is 15.6 Å². The number of nitrogens with zero attached hydrogens (tertiary/aromatic N) is 4. The minimum Gasteiger partial charge on any atom is -0.395 e. The Morgan fingerprint density at radius 2 is 2.09 bits per heavy atom. The van der Waals surface area contributed by atoms with Crippen molar-refractivity contribution in [3.8, 4) is 0 Å². The van der Waals surface area contributed by atoms with Crippen LogP contribution in [0.5, 0.6) is 0 Å². The van der Waals surface area contributed by atoms with E-state index in [1.807, 2.05) is 0 Å². The molecule has 0 aromatic carbocycles. The Bertz CT molecular complexity index is 650. The number of ether oxygens (including phenoxy) is 1. The molecule has 3 heterocycles. The van der Waals surface area contributed by atoms with Gasteiger partial charge in [-0.1, -0.05) is 0 Å². The van der Waals surface area contributed by atoms with E-state index >= 15 is 0 Å². The largest absolute Gasteiger partial charge is 0.395 e. The van der Waals surface area contributed by atoms with Gasteiger partial charge in [-0.25, -0.2) is 15.0 Å². The minimum atomic E-state index is -1.13. The lowest BCUT2D eigenvalue weighted by molar-refractivity contribution is -0.0342. The average Bonchev–Trinajstić information content (AvgIpc) is 3.05. The summed E-state index contributed by atoms with van der Waals surface area (Å²) in [5.74, 6) is 0.234. The summed E-state index contributed by atoms with van der Waals surface area (Å²) >= 11 is 0. The zero-order valence-electron chi connectivity index (χ0n) is 11.7. The normalized spacial score (nSPS) is 28.5. The molecule has 1 saturated heterocycles. The molecular weight excluding hydrogens is 292 g/mol. The number of fused-ring (bicyclic) bond motifs is 1. The van der Waals surface area contributed by atoms with E-state index in [9.17, 15) is 10.2 Å². The lowest BCUT2D eigenvalue weighted by atomic mass is 10.1. The van der Waals surface area contributed by atoms with Crippen LogP contribution in [0.25, 0.3) is 11.2 Å². The molecule has 0 amide bonds. The Balaban J connectivity index is 1.83. The van der Waals surface area contributed by atoms with Gasteiger partial charge in [0.05, 0.1) is 12.9 Å². The van der Waals surface area contributed by atoms with E-state index in [1.54, 1.807) is 0 Å². The van der Waals surface area contributed by atoms with Crippen molar-refractivity contribution in [3.05, 3.63) is 12.7 Å². The van der Waals surface area contributed by atoms with Gasteiger partial charge in [-0.15, -0.1) is 0 Å². The molecule has 0 radical (unpaired) electrons. The lowest BCUT2D eigenvalue weighted by Gasteiger charge is -2.16. The molecule has 0 spiro atoms. The molecule has 120 valence electrons. The van der Waals surface area contributed by atoms with E-state index in [0.29, 0.717) is 24.3 Å². The first-order valence-electron chi connectivity index (χ1n) is 6.89. The standard InChI is InChI=1S/C12H18N6O4/c13-10-7-11(16-4-15-10)18(5-17-7)12-9(21)8(20)6(22-12)3-14-1-2-19/h4-6,8-9,12,14,19-21H,1-3H2,(H2,13,15,16)/t6-,8+,9-,12+/m1/s1. The monoisotopic (exact) mass is 310 g/mol. The van der Waals surface area contributed by atoms with Crippen molar-refractivity contribution in [1.82, 2.24) is 24.8 Å². The van der Waals surface area contributed by atoms with Crippen LogP contribution in [0.2, 0.25) is 0 Å². The van der Waals surface area contributed by atoms with Gasteiger partial charge in [0.15, 0.2) is 17.7 Å². The van der Waals surface area contributed by atoms with Gasteiger partial charge in [-0.05, 0) is 0 Å². The zero-order chi connectivity index (χ0) is 15.7. The number of nitrogens with two attached hydrogens (primary N) is 1. The van der Waals surface area contributed by atoms with Crippen molar-refractivity contribution in [3.63, 3.8) is 0 Å². The molecule has 4 atom stereocenters. The Morgan fingerprint density at radius 1 is 1.27 bits per heavy atom. The van der Waals surface area contributed by atoms with Gasteiger partial charge in [-0.2, -0.15) is 0 Å². The van der Waals surface area contributed by atoms with E-state index in [2.05, 4.69) is 20.3 Å². The molecule has 6 N–H and O–H groups in total. The molecule has 2 aromatic rings. The Kier molecular flexibility index (Phi) is 4.18. The fourth-order valence-corrected chi connectivity index (χ4v) is 2.51. The average molecular weight is 310 g/mol. The molecule has 3 rings (SSSR count). The molecule has 1 aliphatic rings. The Labute approximate surface area is 125 Å². The number of aliphatic hydroxyl groups excluding tert-OH is 3. The maximum Gasteiger partial charge on any atom is 0.167 e. The first kappa shape index (κ1) is 15.1. The second kappa shape index (κ2) is 6.10. The van der Waals surface area contributed by atoms with Gasteiger partial charge in [0.2, 0.25) is 0 Å². The minimum absolute atomic E-state index is 0.0167. The van der Waals surface area contributed by atoms with Crippen LogP contribution in [0, 0.1) is 0 Å². The third kappa shape index (κ3) is 2.51. The summed E-state index contributed by atoms with van der Waals surface area (Å²) in [4.78, 5) is 12.1. The van der Waals surface area contributed by atoms with Crippen molar-refractivity contribution in [1.29, 1.82) is 0 Å². The molecule has 1 aliphatic heterocycles. The molecule has 22 heavy (non-hydrogen) atoms. The molecule has 2 aromatic heterocycles. The van der Waals surface area contributed by atoms with Crippen LogP contribution in [-0.2, 0) is 4.74 Å². The third-order valence-electron chi connectivity index (χ3n) is 3.63. The van der Waals surface area contributed by atoms with Crippen molar-refractivity contribution in [2.75, 3.05) is 25.4 Å². The van der Waals surface area contributed by atoms with Gasteiger partial charge in [0, 0.05) is 13.1 Å². The van der Waals surface area contributed by atoms with Crippen LogP contribution in [-0.4, -0.2) is 72.8 Å². The highest BCUT2D eigenvalue weighted by Crippen LogP contribution is 2.31. The van der Waals surface area contributed by atoms with E-state index in [1.165, 1.54) is 17.2 Å². The number of rotatable bonds is 5. The van der Waals surface area contributed by atoms with E-state index in [0.717, 1.165) is 0 Å². The second-order valence-electron chi connectivity index (χ2n) is 5.06. The second-order valence-corrected chi connectivity index (χ2v) is 5.06. The maximum atomic E-state index is 10.2. The zero-order valence-corrected chi connectivity index (χ0v) is 11.7. The Hall–Kier alpha value is -1.85. The molecule has 0 saturated carbocycles. The molecule has 10 heteroatoms. The SMILES string of the molecule is Nc1ncnc2c1ncn2[C@H]1O[C@H](CNCCO)[C@H](O)[C@H]1O. The number of aliphatic hydroxyl groups is 3. The van der Waals surface area contributed by atoms with E-state index < -0.39 is 24.5 Å². The fraction of sp³-hybridized carbons (Fsp3) is 0.583. The summed E-state index contributed by atoms with van der Waals surface area (Å²) in [6.07, 6.45) is -0.881. The number of anilines is 1. The predicted octanol–water partition coefficient (Wildman–Crippen LogP) is -2.39. The number of aromatic nitrogens is 4. The number of nitrogens with one attached hydrogen (secondary N) is 1. The summed E-state index contributed by atoms with van der Waals surface area (Å²) in [5, 5.41) is 32.0. The van der Waals surface area contributed by atoms with Crippen molar-refractivity contribution >= 4 is 17.0 Å². The van der Waals surface area contributed by atoms with Crippen molar-refractivity contribution in [2.24, 2.45) is 0 Å². The van der Waals surface area contributed by atoms with Crippen LogP contribution >= 0.6 is 0 Å². The number of hydrogen-bond donors (Lipinski definition) is 5. The number of nitrogen functional groups attached to an aromatic ring is 1. The summed E-state index contributed by atoms with van der Waals surface area (Å²) in [7, 11) is 0. The summed E-state index contributed by atoms with van der Waals surface area (Å²) in [6.45, 7) is 0.668. The topological polar surface area (TPSA) is 152 Å². The van der Waals surface area contributed by atoms with Crippen LogP contribution in [0.3, 0.4) is 0 Å². The Morgan fingerprint density at radius 3 is 2.86 bits per heavy atom. The molecule has 1 fully saturated rings. The summed E-state index contributed by atoms with van der Waals surface area (Å²) in [5.41, 5.74) is 6.56. The summed E-state index contributed by atoms with van der Waals surface area (Å²) in [6, 6.07) is 0. The number of imidazole rings is 1. The van der Waals surface area contributed by atoms with Gasteiger partial charge in [0.1, 0.15) is 30.2 Å². The van der Waals surface area contributed by atoms with E-state index in [-0.39, 0.29) is 12.4 Å². The van der Waals surface area contributed by atoms with Crippen LogP contribution in [0.15, 0.2) is 12.7 Å². The van der Waals surface area contributed by atoms with Gasteiger partial charge in [0.25, 0.3) is 0 Å². The van der Waals surface area contributed by atoms with Gasteiger partial charge in [-0.3, -0.25) is 4.57 Å². The highest BCUT2D eigenvalue weighted by molar-refractivity contribution is 5.81. The smallest absolute Gasteiger partial charge is 0.167 e. The summed E-state index contributed by atoms with van der Waals surface area (Å²) < 4.78 is 7.22. The highest BCUT2D eigenvalue weighted by Gasteiger charge is 2.44. The van der Waals surface area contributed by atoms with Gasteiger partial charge < -0.3 is 31.1 Å². The fourth-order valence-electron chi connectivity index (χ4n) is 2.51. The van der Waals surface area contributed by atoms with Gasteiger partial charge >= 0.3 is 0 Å². The van der Waals surface area contributed by atoms with Crippen LogP contribution in [0.1, 0.15) is 6.23 Å². The first-order chi connectivity index (χ1) is 10.6. The quantitative estimate of drug-likeness (QED) is 0.381. The first-order valence-corrected chi connectivity index (χ1v) is 6.89.